The van der Waals surface area contributed by atoms with Crippen molar-refractivity contribution in [3.63, 3.8) is 0 Å². The summed E-state index contributed by atoms with van der Waals surface area (Å²) in [7, 11) is 0. The van der Waals surface area contributed by atoms with E-state index in [2.05, 4.69) is 29.4 Å². The molecular formula is C18H17FN2OS. The minimum Gasteiger partial charge on any atom is -0.298 e. The van der Waals surface area contributed by atoms with Crippen LogP contribution in [-0.2, 0) is 6.42 Å². The molecule has 0 fully saturated rings. The zero-order valence-corrected chi connectivity index (χ0v) is 13.6. The maximum Gasteiger partial charge on any atom is 0.257 e. The average molecular weight is 328 g/mol. The molecule has 0 saturated heterocycles. The molecule has 118 valence electrons. The Morgan fingerprint density at radius 2 is 2.00 bits per heavy atom. The van der Waals surface area contributed by atoms with Gasteiger partial charge in [0, 0.05) is 5.56 Å². The number of nitrogens with one attached hydrogen (secondary N) is 1. The highest BCUT2D eigenvalue weighted by Crippen LogP contribution is 2.27. The summed E-state index contributed by atoms with van der Waals surface area (Å²) < 4.78 is 14.0. The van der Waals surface area contributed by atoms with Crippen molar-refractivity contribution in [3.8, 4) is 0 Å². The predicted molar refractivity (Wildman–Crippen MR) is 92.6 cm³/mol. The largest absolute Gasteiger partial charge is 0.298 e. The van der Waals surface area contributed by atoms with Crippen LogP contribution in [0.5, 0.6) is 0 Å². The molecule has 1 aromatic heterocycles. The Balaban J connectivity index is 1.77. The fourth-order valence-electron chi connectivity index (χ4n) is 2.33. The lowest BCUT2D eigenvalue weighted by Gasteiger charge is -2.00. The lowest BCUT2D eigenvalue weighted by molar-refractivity contribution is 0.102. The van der Waals surface area contributed by atoms with Crippen molar-refractivity contribution in [2.45, 2.75) is 26.2 Å². The quantitative estimate of drug-likeness (QED) is 0.713. The first-order chi connectivity index (χ1) is 11.2. The van der Waals surface area contributed by atoms with Gasteiger partial charge in [-0.05, 0) is 54.8 Å². The lowest BCUT2D eigenvalue weighted by Crippen LogP contribution is -2.11. The van der Waals surface area contributed by atoms with E-state index in [1.54, 1.807) is 0 Å². The summed E-state index contributed by atoms with van der Waals surface area (Å²) in [5.41, 5.74) is 2.58. The number of aromatic nitrogens is 1. The molecule has 0 radical (unpaired) electrons. The van der Waals surface area contributed by atoms with Crippen molar-refractivity contribution in [2.24, 2.45) is 0 Å². The highest BCUT2D eigenvalue weighted by molar-refractivity contribution is 7.22. The van der Waals surface area contributed by atoms with E-state index >= 15 is 0 Å². The molecule has 0 bridgehead atoms. The van der Waals surface area contributed by atoms with Gasteiger partial charge in [0.15, 0.2) is 5.13 Å². The van der Waals surface area contributed by atoms with Crippen LogP contribution in [0, 0.1) is 5.82 Å². The molecule has 0 saturated carbocycles. The summed E-state index contributed by atoms with van der Waals surface area (Å²) in [4.78, 5) is 16.6. The van der Waals surface area contributed by atoms with Crippen LogP contribution in [0.4, 0.5) is 9.52 Å². The lowest BCUT2D eigenvalue weighted by atomic mass is 10.1. The number of hydrogen-bond acceptors (Lipinski definition) is 3. The number of carbonyl (C=O) groups is 1. The first kappa shape index (κ1) is 15.6. The molecule has 23 heavy (non-hydrogen) atoms. The Hall–Kier alpha value is -2.27. The van der Waals surface area contributed by atoms with Crippen molar-refractivity contribution in [2.75, 3.05) is 5.32 Å². The Morgan fingerprint density at radius 1 is 1.22 bits per heavy atom. The molecule has 0 aliphatic rings. The first-order valence-electron chi connectivity index (χ1n) is 7.62. The molecule has 5 heteroatoms. The van der Waals surface area contributed by atoms with Crippen LogP contribution < -0.4 is 5.32 Å². The van der Waals surface area contributed by atoms with E-state index in [9.17, 15) is 9.18 Å². The summed E-state index contributed by atoms with van der Waals surface area (Å²) in [6, 6.07) is 11.7. The minimum atomic E-state index is -0.360. The van der Waals surface area contributed by atoms with E-state index in [0.717, 1.165) is 16.6 Å². The fraction of sp³-hybridized carbons (Fsp3) is 0.222. The second-order valence-electron chi connectivity index (χ2n) is 5.39. The van der Waals surface area contributed by atoms with Gasteiger partial charge in [-0.2, -0.15) is 0 Å². The number of amides is 1. The third kappa shape index (κ3) is 3.74. The van der Waals surface area contributed by atoms with Gasteiger partial charge in [-0.15, -0.1) is 0 Å². The number of aryl methyl sites for hydroxylation is 1. The van der Waals surface area contributed by atoms with Crippen LogP contribution >= 0.6 is 11.3 Å². The summed E-state index contributed by atoms with van der Waals surface area (Å²) in [6.07, 6.45) is 3.39. The molecule has 3 aromatic rings. The van der Waals surface area contributed by atoms with Gasteiger partial charge in [-0.1, -0.05) is 30.7 Å². The van der Waals surface area contributed by atoms with E-state index in [1.165, 1.54) is 54.0 Å². The van der Waals surface area contributed by atoms with Crippen molar-refractivity contribution >= 4 is 32.6 Å². The number of unbranched alkanes of at least 4 members (excludes halogenated alkanes) is 1. The van der Waals surface area contributed by atoms with E-state index in [1.807, 2.05) is 6.07 Å². The van der Waals surface area contributed by atoms with Crippen molar-refractivity contribution < 1.29 is 9.18 Å². The molecule has 1 amide bonds. The van der Waals surface area contributed by atoms with Crippen LogP contribution in [0.15, 0.2) is 42.5 Å². The number of nitrogens with zero attached hydrogens (tertiary/aromatic N) is 1. The van der Waals surface area contributed by atoms with Crippen LogP contribution in [0.1, 0.15) is 35.7 Å². The maximum absolute atomic E-state index is 12.9. The Kier molecular flexibility index (Phi) is 4.67. The van der Waals surface area contributed by atoms with E-state index in [4.69, 9.17) is 0 Å². The molecule has 2 aromatic carbocycles. The third-order valence-corrected chi connectivity index (χ3v) is 4.53. The third-order valence-electron chi connectivity index (χ3n) is 3.60. The standard InChI is InChI=1S/C18H17FN2OS/c1-2-3-4-12-5-10-15-16(11-12)23-18(20-15)21-17(22)13-6-8-14(19)9-7-13/h5-11H,2-4H2,1H3,(H,20,21,22). The fourth-order valence-corrected chi connectivity index (χ4v) is 3.25. The zero-order chi connectivity index (χ0) is 16.2. The molecule has 0 atom stereocenters. The second kappa shape index (κ2) is 6.87. The highest BCUT2D eigenvalue weighted by atomic mass is 32.1. The number of fused-ring (bicyclic) bond motifs is 1. The Labute approximate surface area is 138 Å². The van der Waals surface area contributed by atoms with Crippen LogP contribution in [-0.4, -0.2) is 10.9 Å². The molecule has 0 unspecified atom stereocenters. The normalized spacial score (nSPS) is 10.9. The molecule has 0 aliphatic carbocycles. The SMILES string of the molecule is CCCCc1ccc2nc(NC(=O)c3ccc(F)cc3)sc2c1. The van der Waals surface area contributed by atoms with E-state index in [0.29, 0.717) is 10.7 Å². The number of rotatable bonds is 5. The molecule has 0 spiro atoms. The Bertz CT molecular complexity index is 827. The van der Waals surface area contributed by atoms with Crippen LogP contribution in [0.3, 0.4) is 0 Å². The smallest absolute Gasteiger partial charge is 0.257 e. The minimum absolute atomic E-state index is 0.282. The number of benzene rings is 2. The monoisotopic (exact) mass is 328 g/mol. The number of carbonyl (C=O) groups excluding carboxylic acids is 1. The average Bonchev–Trinajstić information content (AvgIpc) is 2.94. The van der Waals surface area contributed by atoms with Gasteiger partial charge >= 0.3 is 0 Å². The number of halogens is 1. The highest BCUT2D eigenvalue weighted by Gasteiger charge is 2.10. The first-order valence-corrected chi connectivity index (χ1v) is 8.44. The zero-order valence-electron chi connectivity index (χ0n) is 12.8. The summed E-state index contributed by atoms with van der Waals surface area (Å²) in [5, 5.41) is 3.33. The van der Waals surface area contributed by atoms with Gasteiger partial charge in [0.25, 0.3) is 5.91 Å². The summed E-state index contributed by atoms with van der Waals surface area (Å²) >= 11 is 1.45. The van der Waals surface area contributed by atoms with Crippen molar-refractivity contribution in [3.05, 3.63) is 59.4 Å². The van der Waals surface area contributed by atoms with Crippen molar-refractivity contribution in [1.82, 2.24) is 4.98 Å². The van der Waals surface area contributed by atoms with Crippen LogP contribution in [0.25, 0.3) is 10.2 Å². The van der Waals surface area contributed by atoms with Crippen LogP contribution in [0.2, 0.25) is 0 Å². The number of anilines is 1. The van der Waals surface area contributed by atoms with Gasteiger partial charge < -0.3 is 0 Å². The van der Waals surface area contributed by atoms with Gasteiger partial charge in [0.1, 0.15) is 5.82 Å². The van der Waals surface area contributed by atoms with Crippen molar-refractivity contribution in [1.29, 1.82) is 0 Å². The van der Waals surface area contributed by atoms with Gasteiger partial charge in [-0.3, -0.25) is 10.1 Å². The topological polar surface area (TPSA) is 42.0 Å². The summed E-state index contributed by atoms with van der Waals surface area (Å²) in [5.74, 6) is -0.642. The Morgan fingerprint density at radius 3 is 2.74 bits per heavy atom. The van der Waals surface area contributed by atoms with E-state index in [-0.39, 0.29) is 11.7 Å². The molecule has 1 heterocycles. The molecular weight excluding hydrogens is 311 g/mol. The second-order valence-corrected chi connectivity index (χ2v) is 6.42. The number of hydrogen-bond donors (Lipinski definition) is 1. The molecule has 3 nitrogen and oxygen atoms in total. The molecule has 0 aliphatic heterocycles. The molecule has 1 N–H and O–H groups in total. The maximum atomic E-state index is 12.9. The predicted octanol–water partition coefficient (Wildman–Crippen LogP) is 5.03. The summed E-state index contributed by atoms with van der Waals surface area (Å²) in [6.45, 7) is 2.17. The molecule has 3 rings (SSSR count). The number of thiazole rings is 1. The van der Waals surface area contributed by atoms with Gasteiger partial charge in [0.2, 0.25) is 0 Å². The van der Waals surface area contributed by atoms with Gasteiger partial charge in [0.05, 0.1) is 10.2 Å². The van der Waals surface area contributed by atoms with E-state index < -0.39 is 0 Å². The van der Waals surface area contributed by atoms with Gasteiger partial charge in [-0.25, -0.2) is 9.37 Å².